The third kappa shape index (κ3) is 5.95. The van der Waals surface area contributed by atoms with E-state index in [-0.39, 0.29) is 5.41 Å². The molecule has 0 saturated heterocycles. The van der Waals surface area contributed by atoms with Crippen LogP contribution in [0.5, 0.6) is 11.5 Å². The largest absolute Gasteiger partial charge is 0.497 e. The van der Waals surface area contributed by atoms with Crippen LogP contribution in [0.3, 0.4) is 0 Å². The van der Waals surface area contributed by atoms with Crippen LogP contribution in [-0.4, -0.2) is 19.2 Å². The standard InChI is InChI=1S/C41H37N3O2S/c1-41(2)26-30(39(42-3)40-43-37-8-6-7-9-38(37)47-40)25-29-24-28(12-23-36(29)41)27-10-13-31(14-11-27)44(32-15-19-34(45-4)20-16-32)33-17-21-35(46-5)22-18-33/h6-11,13-22,24-25,36H,12,23,26H2,1-2,4-5H3/b39-30+. The fourth-order valence-corrected chi connectivity index (χ4v) is 8.03. The third-order valence-corrected chi connectivity index (χ3v) is 10.5. The Balaban J connectivity index is 1.24. The second-order valence-corrected chi connectivity index (χ2v) is 13.9. The van der Waals surface area contributed by atoms with Crippen molar-refractivity contribution in [2.24, 2.45) is 11.3 Å². The monoisotopic (exact) mass is 635 g/mol. The Morgan fingerprint density at radius 3 is 2.00 bits per heavy atom. The number of para-hydroxylation sites is 1. The van der Waals surface area contributed by atoms with Gasteiger partial charge in [-0.25, -0.2) is 9.83 Å². The molecule has 0 saturated carbocycles. The molecule has 4 aromatic carbocycles. The summed E-state index contributed by atoms with van der Waals surface area (Å²) in [5.74, 6) is 2.10. The number of methoxy groups -OCH3 is 2. The second kappa shape index (κ2) is 12.6. The van der Waals surface area contributed by atoms with E-state index in [1.165, 1.54) is 16.7 Å². The summed E-state index contributed by atoms with van der Waals surface area (Å²) >= 11 is 1.61. The highest BCUT2D eigenvalue weighted by Crippen LogP contribution is 2.51. The third-order valence-electron chi connectivity index (χ3n) is 9.45. The first-order chi connectivity index (χ1) is 22.9. The summed E-state index contributed by atoms with van der Waals surface area (Å²) in [6, 6.07) is 33.3. The molecule has 1 heterocycles. The number of hydrogen-bond acceptors (Lipinski definition) is 5. The zero-order chi connectivity index (χ0) is 32.5. The van der Waals surface area contributed by atoms with E-state index in [0.717, 1.165) is 68.6 Å². The van der Waals surface area contributed by atoms with Crippen molar-refractivity contribution in [1.29, 1.82) is 0 Å². The van der Waals surface area contributed by atoms with Crippen molar-refractivity contribution in [1.82, 2.24) is 4.98 Å². The fourth-order valence-electron chi connectivity index (χ4n) is 7.04. The maximum absolute atomic E-state index is 8.14. The van der Waals surface area contributed by atoms with Crippen LogP contribution in [0.4, 0.5) is 17.1 Å². The second-order valence-electron chi connectivity index (χ2n) is 12.8. The molecule has 1 aromatic heterocycles. The molecule has 2 aliphatic carbocycles. The number of rotatable bonds is 7. The Labute approximate surface area is 280 Å². The number of ether oxygens (including phenoxy) is 2. The van der Waals surface area contributed by atoms with Gasteiger partial charge in [0.2, 0.25) is 5.70 Å². The molecule has 0 N–H and O–H groups in total. The zero-order valence-electron chi connectivity index (χ0n) is 27.2. The summed E-state index contributed by atoms with van der Waals surface area (Å²) in [6.45, 7) is 12.8. The average molecular weight is 636 g/mol. The number of nitrogens with zero attached hydrogens (tertiary/aromatic N) is 3. The predicted molar refractivity (Wildman–Crippen MR) is 195 cm³/mol. The van der Waals surface area contributed by atoms with Crippen LogP contribution in [0.2, 0.25) is 0 Å². The van der Waals surface area contributed by atoms with Crippen LogP contribution in [0, 0.1) is 17.9 Å². The van der Waals surface area contributed by atoms with Gasteiger partial charge >= 0.3 is 0 Å². The van der Waals surface area contributed by atoms with Crippen LogP contribution >= 0.6 is 11.3 Å². The lowest BCUT2D eigenvalue weighted by Gasteiger charge is -2.42. The molecular weight excluding hydrogens is 599 g/mol. The fraction of sp³-hybridized carbons (Fsp3) is 0.220. The molecule has 1 unspecified atom stereocenters. The molecule has 7 rings (SSSR count). The summed E-state index contributed by atoms with van der Waals surface area (Å²) in [6.07, 6.45) is 7.67. The molecule has 0 aliphatic heterocycles. The van der Waals surface area contributed by atoms with Gasteiger partial charge in [0.1, 0.15) is 16.5 Å². The van der Waals surface area contributed by atoms with Gasteiger partial charge in [-0.15, -0.1) is 11.3 Å². The zero-order valence-corrected chi connectivity index (χ0v) is 28.0. The van der Waals surface area contributed by atoms with Gasteiger partial charge in [0, 0.05) is 17.1 Å². The lowest BCUT2D eigenvalue weighted by atomic mass is 9.62. The van der Waals surface area contributed by atoms with E-state index in [1.54, 1.807) is 25.6 Å². The first-order valence-corrected chi connectivity index (χ1v) is 16.8. The van der Waals surface area contributed by atoms with Crippen LogP contribution in [0.15, 0.2) is 120 Å². The van der Waals surface area contributed by atoms with Crippen LogP contribution in [0.25, 0.3) is 26.3 Å². The van der Waals surface area contributed by atoms with Crippen molar-refractivity contribution >= 4 is 49.9 Å². The molecule has 2 aliphatic rings. The number of anilines is 3. The number of aromatic nitrogens is 1. The normalized spacial score (nSPS) is 18.0. The molecule has 234 valence electrons. The molecule has 0 spiro atoms. The predicted octanol–water partition coefficient (Wildman–Crippen LogP) is 11.3. The lowest BCUT2D eigenvalue weighted by molar-refractivity contribution is 0.228. The van der Waals surface area contributed by atoms with E-state index in [1.807, 2.05) is 42.5 Å². The Kier molecular flexibility index (Phi) is 8.17. The minimum Gasteiger partial charge on any atom is -0.497 e. The van der Waals surface area contributed by atoms with Gasteiger partial charge in [0.25, 0.3) is 0 Å². The van der Waals surface area contributed by atoms with Crippen molar-refractivity contribution in [3.63, 3.8) is 0 Å². The summed E-state index contributed by atoms with van der Waals surface area (Å²) < 4.78 is 12.0. The topological polar surface area (TPSA) is 39.0 Å². The molecule has 1 atom stereocenters. The summed E-state index contributed by atoms with van der Waals surface area (Å²) in [7, 11) is 3.37. The first kappa shape index (κ1) is 30.5. The maximum atomic E-state index is 8.14. The van der Waals surface area contributed by atoms with Crippen molar-refractivity contribution in [3.05, 3.63) is 142 Å². The Morgan fingerprint density at radius 1 is 0.830 bits per heavy atom. The maximum Gasteiger partial charge on any atom is 0.225 e. The summed E-state index contributed by atoms with van der Waals surface area (Å²) in [5, 5.41) is 0.816. The summed E-state index contributed by atoms with van der Waals surface area (Å²) in [5.41, 5.74) is 9.82. The lowest BCUT2D eigenvalue weighted by Crippen LogP contribution is -2.31. The molecule has 5 aromatic rings. The molecule has 6 heteroatoms. The van der Waals surface area contributed by atoms with Crippen LogP contribution in [0.1, 0.15) is 43.7 Å². The number of benzene rings is 4. The number of hydrogen-bond donors (Lipinski definition) is 0. The average Bonchev–Trinajstić information content (AvgIpc) is 3.53. The van der Waals surface area contributed by atoms with E-state index < -0.39 is 0 Å². The smallest absolute Gasteiger partial charge is 0.225 e. The van der Waals surface area contributed by atoms with E-state index in [2.05, 4.69) is 90.3 Å². The quantitative estimate of drug-likeness (QED) is 0.167. The highest BCUT2D eigenvalue weighted by molar-refractivity contribution is 7.19. The van der Waals surface area contributed by atoms with Crippen molar-refractivity contribution in [3.8, 4) is 11.5 Å². The minimum absolute atomic E-state index is 0.0508. The van der Waals surface area contributed by atoms with Crippen LogP contribution in [-0.2, 0) is 0 Å². The molecule has 0 amide bonds. The minimum atomic E-state index is 0.0508. The van der Waals surface area contributed by atoms with E-state index in [0.29, 0.717) is 11.6 Å². The SMILES string of the molecule is [C-]#[N+]/C(=C1\C=C2C=C(c3ccc(N(c4ccc(OC)cc4)c4ccc(OC)cc4)cc3)CCC2C(C)(C)C1)c1nc2ccccc2s1. The highest BCUT2D eigenvalue weighted by Gasteiger charge is 2.38. The van der Waals surface area contributed by atoms with E-state index in [4.69, 9.17) is 21.0 Å². The molecule has 0 radical (unpaired) electrons. The molecule has 5 nitrogen and oxygen atoms in total. The van der Waals surface area contributed by atoms with Gasteiger partial charge < -0.3 is 14.4 Å². The molecule has 47 heavy (non-hydrogen) atoms. The van der Waals surface area contributed by atoms with Crippen molar-refractivity contribution in [2.75, 3.05) is 19.1 Å². The van der Waals surface area contributed by atoms with E-state index in [9.17, 15) is 0 Å². The molecule has 0 fully saturated rings. The number of fused-ring (bicyclic) bond motifs is 2. The van der Waals surface area contributed by atoms with Crippen molar-refractivity contribution < 1.29 is 9.47 Å². The van der Waals surface area contributed by atoms with Crippen molar-refractivity contribution in [2.45, 2.75) is 33.1 Å². The van der Waals surface area contributed by atoms with Gasteiger partial charge in [0.15, 0.2) is 0 Å². The number of allylic oxidation sites excluding steroid dienone is 5. The van der Waals surface area contributed by atoms with Gasteiger partial charge in [-0.2, -0.15) is 0 Å². The number of thiazole rings is 1. The highest BCUT2D eigenvalue weighted by atomic mass is 32.1. The Hall–Kier alpha value is -5.12. The van der Waals surface area contributed by atoms with Gasteiger partial charge in [0.05, 0.1) is 31.0 Å². The Morgan fingerprint density at radius 2 is 1.43 bits per heavy atom. The molecule has 0 bridgehead atoms. The molecular formula is C41H37N3O2S. The Bertz CT molecular complexity index is 1980. The van der Waals surface area contributed by atoms with Gasteiger partial charge in [-0.3, -0.25) is 0 Å². The van der Waals surface area contributed by atoms with Gasteiger partial charge in [-0.1, -0.05) is 50.3 Å². The van der Waals surface area contributed by atoms with Crippen LogP contribution < -0.4 is 14.4 Å². The summed E-state index contributed by atoms with van der Waals surface area (Å²) in [4.78, 5) is 11.1. The van der Waals surface area contributed by atoms with E-state index >= 15 is 0 Å². The first-order valence-electron chi connectivity index (χ1n) is 15.9. The van der Waals surface area contributed by atoms with Gasteiger partial charge in [-0.05, 0) is 126 Å².